The van der Waals surface area contributed by atoms with Gasteiger partial charge in [-0.1, -0.05) is 0 Å². The van der Waals surface area contributed by atoms with Gasteiger partial charge in [-0.05, 0) is 64.2 Å². The van der Waals surface area contributed by atoms with Crippen molar-refractivity contribution in [1.82, 2.24) is 9.88 Å². The van der Waals surface area contributed by atoms with Gasteiger partial charge in [-0.15, -0.1) is 0 Å². The molecule has 2 rings (SSSR count). The number of carbonyl (C=O) groups is 1. The minimum atomic E-state index is -0.438. The molecule has 23 heavy (non-hydrogen) atoms. The van der Waals surface area contributed by atoms with Crippen LogP contribution in [0.15, 0.2) is 18.3 Å². The Morgan fingerprint density at radius 1 is 1.48 bits per heavy atom. The van der Waals surface area contributed by atoms with Crippen molar-refractivity contribution in [3.05, 3.63) is 23.9 Å². The highest BCUT2D eigenvalue weighted by atomic mass is 16.6. The molecule has 5 heteroatoms. The first kappa shape index (κ1) is 17.6. The van der Waals surface area contributed by atoms with Gasteiger partial charge in [0.05, 0.1) is 0 Å². The average molecular weight is 319 g/mol. The van der Waals surface area contributed by atoms with Crippen LogP contribution in [0, 0.1) is 12.8 Å². The number of amides is 1. The Morgan fingerprint density at radius 2 is 2.22 bits per heavy atom. The second-order valence-corrected chi connectivity index (χ2v) is 7.51. The summed E-state index contributed by atoms with van der Waals surface area (Å²) >= 11 is 0. The average Bonchev–Trinajstić information content (AvgIpc) is 2.45. The van der Waals surface area contributed by atoms with Gasteiger partial charge in [0.2, 0.25) is 0 Å². The van der Waals surface area contributed by atoms with Gasteiger partial charge in [0.1, 0.15) is 11.4 Å². The maximum absolute atomic E-state index is 12.2. The van der Waals surface area contributed by atoms with Crippen LogP contribution in [-0.4, -0.2) is 48.3 Å². The number of carbonyl (C=O) groups excluding carboxylic acids is 1. The van der Waals surface area contributed by atoms with Crippen molar-refractivity contribution in [2.45, 2.75) is 46.1 Å². The van der Waals surface area contributed by atoms with Crippen molar-refractivity contribution in [2.24, 2.45) is 5.92 Å². The van der Waals surface area contributed by atoms with Crippen LogP contribution in [0.2, 0.25) is 0 Å². The lowest BCUT2D eigenvalue weighted by Gasteiger charge is -2.35. The molecule has 0 aliphatic carbocycles. The predicted octanol–water partition coefficient (Wildman–Crippen LogP) is 3.47. The molecule has 0 aromatic carbocycles. The van der Waals surface area contributed by atoms with E-state index in [-0.39, 0.29) is 6.09 Å². The fourth-order valence-electron chi connectivity index (χ4n) is 2.92. The third kappa shape index (κ3) is 5.41. The monoisotopic (exact) mass is 319 g/mol. The van der Waals surface area contributed by atoms with E-state index in [0.29, 0.717) is 5.92 Å². The Hall–Kier alpha value is -1.78. The van der Waals surface area contributed by atoms with E-state index in [0.717, 1.165) is 38.3 Å². The van der Waals surface area contributed by atoms with E-state index in [1.165, 1.54) is 5.56 Å². The molecule has 5 nitrogen and oxygen atoms in total. The summed E-state index contributed by atoms with van der Waals surface area (Å²) in [4.78, 5) is 20.7. The first-order valence-corrected chi connectivity index (χ1v) is 8.36. The van der Waals surface area contributed by atoms with Gasteiger partial charge in [0.15, 0.2) is 0 Å². The molecule has 1 amide bonds. The van der Waals surface area contributed by atoms with Crippen LogP contribution >= 0.6 is 0 Å². The topological polar surface area (TPSA) is 45.7 Å². The molecular formula is C18H29N3O2. The lowest BCUT2D eigenvalue weighted by Crippen LogP contribution is -2.45. The van der Waals surface area contributed by atoms with E-state index in [9.17, 15) is 4.79 Å². The van der Waals surface area contributed by atoms with Crippen molar-refractivity contribution < 1.29 is 9.53 Å². The van der Waals surface area contributed by atoms with E-state index in [1.807, 2.05) is 37.9 Å². The molecule has 0 saturated carbocycles. The number of aromatic nitrogens is 1. The quantitative estimate of drug-likeness (QED) is 0.856. The highest BCUT2D eigenvalue weighted by molar-refractivity contribution is 5.68. The second-order valence-electron chi connectivity index (χ2n) is 7.51. The van der Waals surface area contributed by atoms with Crippen molar-refractivity contribution >= 4 is 11.9 Å². The Balaban J connectivity index is 1.92. The molecule has 0 radical (unpaired) electrons. The highest BCUT2D eigenvalue weighted by Gasteiger charge is 2.28. The third-order valence-corrected chi connectivity index (χ3v) is 3.99. The van der Waals surface area contributed by atoms with E-state index in [4.69, 9.17) is 4.74 Å². The maximum Gasteiger partial charge on any atom is 0.410 e. The number of hydrogen-bond acceptors (Lipinski definition) is 4. The number of piperidine rings is 1. The van der Waals surface area contributed by atoms with Crippen molar-refractivity contribution in [3.8, 4) is 0 Å². The smallest absolute Gasteiger partial charge is 0.410 e. The molecule has 2 heterocycles. The summed E-state index contributed by atoms with van der Waals surface area (Å²) in [5.41, 5.74) is 0.771. The fourth-order valence-corrected chi connectivity index (χ4v) is 2.92. The van der Waals surface area contributed by atoms with Gasteiger partial charge in [0, 0.05) is 32.9 Å². The molecule has 1 aromatic heterocycles. The molecule has 0 N–H and O–H groups in total. The van der Waals surface area contributed by atoms with Crippen LogP contribution < -0.4 is 4.90 Å². The molecule has 0 spiro atoms. The summed E-state index contributed by atoms with van der Waals surface area (Å²) < 4.78 is 5.49. The highest BCUT2D eigenvalue weighted by Crippen LogP contribution is 2.21. The third-order valence-electron chi connectivity index (χ3n) is 3.99. The van der Waals surface area contributed by atoms with E-state index in [1.54, 1.807) is 0 Å². The van der Waals surface area contributed by atoms with Crippen LogP contribution in [0.4, 0.5) is 10.6 Å². The van der Waals surface area contributed by atoms with Crippen LogP contribution in [0.3, 0.4) is 0 Å². The van der Waals surface area contributed by atoms with Crippen molar-refractivity contribution in [1.29, 1.82) is 0 Å². The number of pyridine rings is 1. The second kappa shape index (κ2) is 7.20. The molecule has 1 fully saturated rings. The lowest BCUT2D eigenvalue weighted by molar-refractivity contribution is 0.0170. The van der Waals surface area contributed by atoms with E-state index >= 15 is 0 Å². The van der Waals surface area contributed by atoms with Crippen LogP contribution in [-0.2, 0) is 4.74 Å². The summed E-state index contributed by atoms with van der Waals surface area (Å²) in [7, 11) is 2.06. The largest absolute Gasteiger partial charge is 0.444 e. The number of hydrogen-bond donors (Lipinski definition) is 0. The van der Waals surface area contributed by atoms with E-state index in [2.05, 4.69) is 29.9 Å². The number of aryl methyl sites for hydroxylation is 1. The summed E-state index contributed by atoms with van der Waals surface area (Å²) in [6.45, 7) is 10.2. The normalized spacial score (nSPS) is 18.7. The van der Waals surface area contributed by atoms with Crippen LogP contribution in [0.5, 0.6) is 0 Å². The molecule has 0 bridgehead atoms. The molecule has 1 saturated heterocycles. The van der Waals surface area contributed by atoms with Gasteiger partial charge in [-0.25, -0.2) is 9.78 Å². The van der Waals surface area contributed by atoms with Gasteiger partial charge >= 0.3 is 6.09 Å². The zero-order chi connectivity index (χ0) is 17.0. The molecule has 1 aromatic rings. The summed E-state index contributed by atoms with van der Waals surface area (Å²) in [6.07, 6.45) is 3.81. The van der Waals surface area contributed by atoms with Crippen LogP contribution in [0.1, 0.15) is 39.2 Å². The number of rotatable bonds is 3. The standard InChI is InChI=1S/C18H29N3O2/c1-14-8-9-19-16(11-14)20(5)12-15-7-6-10-21(13-15)17(22)23-18(2,3)4/h8-9,11,15H,6-7,10,12-13H2,1-5H3/t15-/m0/s1. The minimum absolute atomic E-state index is 0.196. The Morgan fingerprint density at radius 3 is 2.87 bits per heavy atom. The lowest BCUT2D eigenvalue weighted by atomic mass is 9.98. The number of ether oxygens (including phenoxy) is 1. The summed E-state index contributed by atoms with van der Waals surface area (Å²) in [6, 6.07) is 4.09. The van der Waals surface area contributed by atoms with Crippen molar-refractivity contribution in [2.75, 3.05) is 31.6 Å². The number of likely N-dealkylation sites (tertiary alicyclic amines) is 1. The molecule has 128 valence electrons. The van der Waals surface area contributed by atoms with Gasteiger partial charge in [-0.3, -0.25) is 0 Å². The molecule has 0 unspecified atom stereocenters. The van der Waals surface area contributed by atoms with Crippen molar-refractivity contribution in [3.63, 3.8) is 0 Å². The molecule has 1 aliphatic rings. The summed E-state index contributed by atoms with van der Waals surface area (Å²) in [5.74, 6) is 1.43. The number of nitrogens with zero attached hydrogens (tertiary/aromatic N) is 3. The predicted molar refractivity (Wildman–Crippen MR) is 92.8 cm³/mol. The van der Waals surface area contributed by atoms with Crippen LogP contribution in [0.25, 0.3) is 0 Å². The fraction of sp³-hybridized carbons (Fsp3) is 0.667. The summed E-state index contributed by atoms with van der Waals surface area (Å²) in [5, 5.41) is 0. The SMILES string of the molecule is Cc1ccnc(N(C)C[C@@H]2CCCN(C(=O)OC(C)(C)C)C2)c1. The number of anilines is 1. The van der Waals surface area contributed by atoms with Gasteiger partial charge in [-0.2, -0.15) is 0 Å². The van der Waals surface area contributed by atoms with Gasteiger partial charge < -0.3 is 14.5 Å². The van der Waals surface area contributed by atoms with E-state index < -0.39 is 5.60 Å². The maximum atomic E-state index is 12.2. The Labute approximate surface area is 139 Å². The Kier molecular flexibility index (Phi) is 5.50. The van der Waals surface area contributed by atoms with Gasteiger partial charge in [0.25, 0.3) is 0 Å². The molecule has 1 atom stereocenters. The zero-order valence-corrected chi connectivity index (χ0v) is 15.0. The molecular weight excluding hydrogens is 290 g/mol. The first-order chi connectivity index (χ1) is 10.7. The Bertz CT molecular complexity index is 539. The zero-order valence-electron chi connectivity index (χ0n) is 15.0. The first-order valence-electron chi connectivity index (χ1n) is 8.36. The minimum Gasteiger partial charge on any atom is -0.444 e. The molecule has 1 aliphatic heterocycles.